The summed E-state index contributed by atoms with van der Waals surface area (Å²) >= 11 is 0. The molecule has 29 heavy (non-hydrogen) atoms. The van der Waals surface area contributed by atoms with E-state index in [1.165, 1.54) is 5.56 Å². The number of nitrogens with one attached hydrogen (secondary N) is 1. The summed E-state index contributed by atoms with van der Waals surface area (Å²) in [6, 6.07) is 7.58. The van der Waals surface area contributed by atoms with E-state index in [9.17, 15) is 9.59 Å². The van der Waals surface area contributed by atoms with Gasteiger partial charge >= 0.3 is 0 Å². The molecular weight excluding hydrogens is 366 g/mol. The molecule has 2 aromatic rings. The van der Waals surface area contributed by atoms with Crippen LogP contribution in [0, 0.1) is 13.8 Å². The van der Waals surface area contributed by atoms with Gasteiger partial charge in [-0.3, -0.25) is 14.6 Å². The summed E-state index contributed by atoms with van der Waals surface area (Å²) in [6.07, 6.45) is 0.382. The molecule has 0 spiro atoms. The highest BCUT2D eigenvalue weighted by molar-refractivity contribution is 5.97. The van der Waals surface area contributed by atoms with E-state index >= 15 is 0 Å². The van der Waals surface area contributed by atoms with Crippen LogP contribution in [0.5, 0.6) is 0 Å². The summed E-state index contributed by atoms with van der Waals surface area (Å²) in [7, 11) is 0. The number of carbonyl (C=O) groups is 1. The number of nitrogens with zero attached hydrogens (tertiary/aromatic N) is 4. The van der Waals surface area contributed by atoms with Crippen LogP contribution in [0.3, 0.4) is 0 Å². The van der Waals surface area contributed by atoms with Crippen LogP contribution >= 0.6 is 0 Å². The number of hydrogen-bond acceptors (Lipinski definition) is 5. The number of amides is 1. The van der Waals surface area contributed by atoms with E-state index < -0.39 is 0 Å². The van der Waals surface area contributed by atoms with Crippen LogP contribution in [0.15, 0.2) is 29.1 Å². The molecule has 2 saturated heterocycles. The van der Waals surface area contributed by atoms with E-state index in [1.807, 2.05) is 24.0 Å². The molecule has 2 aliphatic heterocycles. The van der Waals surface area contributed by atoms with E-state index in [0.717, 1.165) is 44.0 Å². The predicted molar refractivity (Wildman–Crippen MR) is 115 cm³/mol. The van der Waals surface area contributed by atoms with Crippen LogP contribution in [-0.2, 0) is 4.79 Å². The van der Waals surface area contributed by atoms with E-state index in [-0.39, 0.29) is 17.4 Å². The normalized spacial score (nSPS) is 20.5. The van der Waals surface area contributed by atoms with Gasteiger partial charge < -0.3 is 14.7 Å². The minimum atomic E-state index is -0.152. The molecule has 0 bridgehead atoms. The molecule has 1 aromatic heterocycles. The maximum Gasteiger partial charge on any atom is 0.252 e. The fourth-order valence-electron chi connectivity index (χ4n) is 4.26. The lowest BCUT2D eigenvalue weighted by Gasteiger charge is -2.34. The fourth-order valence-corrected chi connectivity index (χ4v) is 4.26. The number of carbonyl (C=O) groups excluding carboxylic acids is 1. The highest BCUT2D eigenvalue weighted by Gasteiger charge is 2.34. The van der Waals surface area contributed by atoms with Crippen LogP contribution in [0.25, 0.3) is 0 Å². The van der Waals surface area contributed by atoms with Gasteiger partial charge in [0.15, 0.2) is 0 Å². The number of anilines is 2. The van der Waals surface area contributed by atoms with Crippen molar-refractivity contribution in [3.05, 3.63) is 51.4 Å². The molecule has 2 fully saturated rings. The summed E-state index contributed by atoms with van der Waals surface area (Å²) < 4.78 is 0. The topological polar surface area (TPSA) is 72.5 Å². The number of likely N-dealkylation sites (N-methyl/N-ethyl adjacent to an activating group) is 1. The average Bonchev–Trinajstić information content (AvgIpc) is 3.11. The van der Waals surface area contributed by atoms with Crippen molar-refractivity contribution in [3.63, 3.8) is 0 Å². The van der Waals surface area contributed by atoms with Crippen LogP contribution in [0.2, 0.25) is 0 Å². The van der Waals surface area contributed by atoms with Gasteiger partial charge in [-0.05, 0) is 37.6 Å². The van der Waals surface area contributed by atoms with Crippen molar-refractivity contribution in [2.45, 2.75) is 33.1 Å². The molecule has 7 nitrogen and oxygen atoms in total. The Hall–Kier alpha value is -2.67. The number of benzene rings is 1. The molecule has 2 aliphatic rings. The quantitative estimate of drug-likeness (QED) is 0.858. The van der Waals surface area contributed by atoms with Crippen LogP contribution in [-0.4, -0.2) is 60.0 Å². The van der Waals surface area contributed by atoms with Crippen LogP contribution < -0.4 is 15.4 Å². The van der Waals surface area contributed by atoms with Crippen molar-refractivity contribution in [2.75, 3.05) is 49.1 Å². The molecular formula is C22H29N5O2. The van der Waals surface area contributed by atoms with Crippen LogP contribution in [0.4, 0.5) is 11.6 Å². The molecule has 0 aliphatic carbocycles. The number of aromatic nitrogens is 2. The van der Waals surface area contributed by atoms with Gasteiger partial charge in [-0.2, -0.15) is 0 Å². The largest absolute Gasteiger partial charge is 0.340 e. The second kappa shape index (κ2) is 7.99. The number of H-pyrrole nitrogens is 1. The second-order valence-corrected chi connectivity index (χ2v) is 8.04. The van der Waals surface area contributed by atoms with Gasteiger partial charge in [-0.25, -0.2) is 4.98 Å². The molecule has 0 radical (unpaired) electrons. The molecule has 1 aromatic carbocycles. The van der Waals surface area contributed by atoms with Crippen molar-refractivity contribution in [2.24, 2.45) is 0 Å². The third-order valence-electron chi connectivity index (χ3n) is 6.28. The van der Waals surface area contributed by atoms with Gasteiger partial charge in [0.25, 0.3) is 5.56 Å². The summed E-state index contributed by atoms with van der Waals surface area (Å²) in [5.41, 5.74) is 3.80. The van der Waals surface area contributed by atoms with Crippen LogP contribution in [0.1, 0.15) is 36.1 Å². The van der Waals surface area contributed by atoms with Crippen molar-refractivity contribution in [3.8, 4) is 0 Å². The van der Waals surface area contributed by atoms with Gasteiger partial charge in [0.2, 0.25) is 11.9 Å². The zero-order chi connectivity index (χ0) is 20.5. The number of rotatable bonds is 4. The molecule has 3 heterocycles. The molecule has 1 amide bonds. The summed E-state index contributed by atoms with van der Waals surface area (Å²) in [4.78, 5) is 39.1. The first kappa shape index (κ1) is 19.6. The Labute approximate surface area is 171 Å². The second-order valence-electron chi connectivity index (χ2n) is 8.04. The molecule has 1 atom stereocenters. The Morgan fingerprint density at radius 3 is 2.62 bits per heavy atom. The van der Waals surface area contributed by atoms with Gasteiger partial charge in [0.05, 0.1) is 5.69 Å². The molecule has 1 N–H and O–H groups in total. The Bertz CT molecular complexity index is 962. The maximum atomic E-state index is 12.8. The predicted octanol–water partition coefficient (Wildman–Crippen LogP) is 2.05. The molecule has 1 unspecified atom stereocenters. The van der Waals surface area contributed by atoms with Gasteiger partial charge in [0.1, 0.15) is 0 Å². The lowest BCUT2D eigenvalue weighted by Crippen LogP contribution is -2.47. The summed E-state index contributed by atoms with van der Waals surface area (Å²) in [6.45, 7) is 11.5. The monoisotopic (exact) mass is 395 g/mol. The molecule has 0 saturated carbocycles. The SMILES string of the molecule is CCN1CCN(c2nc(C3CC(=O)N(c4cccc(C)c4C)C3)cc(=O)[nH]2)CC1. The van der Waals surface area contributed by atoms with Gasteiger partial charge in [-0.15, -0.1) is 0 Å². The van der Waals surface area contributed by atoms with Crippen molar-refractivity contribution < 1.29 is 4.79 Å². The maximum absolute atomic E-state index is 12.8. The zero-order valence-corrected chi connectivity index (χ0v) is 17.4. The summed E-state index contributed by atoms with van der Waals surface area (Å²) in [5, 5.41) is 0. The number of piperazine rings is 1. The number of aromatic amines is 1. The molecule has 7 heteroatoms. The molecule has 4 rings (SSSR count). The smallest absolute Gasteiger partial charge is 0.252 e. The minimum absolute atomic E-state index is 0.0691. The third kappa shape index (κ3) is 3.92. The van der Waals surface area contributed by atoms with E-state index in [0.29, 0.717) is 24.6 Å². The first-order valence-electron chi connectivity index (χ1n) is 10.4. The molecule has 154 valence electrons. The first-order valence-corrected chi connectivity index (χ1v) is 10.4. The number of hydrogen-bond donors (Lipinski definition) is 1. The van der Waals surface area contributed by atoms with Gasteiger partial charge in [0, 0.05) is 56.8 Å². The summed E-state index contributed by atoms with van der Waals surface area (Å²) in [5.74, 6) is 0.644. The highest BCUT2D eigenvalue weighted by atomic mass is 16.2. The highest BCUT2D eigenvalue weighted by Crippen LogP contribution is 2.33. The lowest BCUT2D eigenvalue weighted by molar-refractivity contribution is -0.117. The lowest BCUT2D eigenvalue weighted by atomic mass is 10.0. The Morgan fingerprint density at radius 1 is 1.14 bits per heavy atom. The Kier molecular flexibility index (Phi) is 5.41. The minimum Gasteiger partial charge on any atom is -0.340 e. The zero-order valence-electron chi connectivity index (χ0n) is 17.4. The standard InChI is InChI=1S/C22H29N5O2/c1-4-25-8-10-26(11-9-25)22-23-18(13-20(28)24-22)17-12-21(29)27(14-17)19-7-5-6-15(2)16(19)3/h5-7,13,17H,4,8-12,14H2,1-3H3,(H,23,24,28). The van der Waals surface area contributed by atoms with Crippen molar-refractivity contribution in [1.29, 1.82) is 0 Å². The third-order valence-corrected chi connectivity index (χ3v) is 6.28. The first-order chi connectivity index (χ1) is 14.0. The van der Waals surface area contributed by atoms with E-state index in [1.54, 1.807) is 6.07 Å². The Balaban J connectivity index is 1.56. The average molecular weight is 396 g/mol. The van der Waals surface area contributed by atoms with Gasteiger partial charge in [-0.1, -0.05) is 19.1 Å². The fraction of sp³-hybridized carbons (Fsp3) is 0.500. The number of aryl methyl sites for hydroxylation is 1. The Morgan fingerprint density at radius 2 is 1.90 bits per heavy atom. The van der Waals surface area contributed by atoms with Crippen molar-refractivity contribution >= 4 is 17.5 Å². The van der Waals surface area contributed by atoms with E-state index in [4.69, 9.17) is 4.98 Å². The van der Waals surface area contributed by atoms with E-state index in [2.05, 4.69) is 34.7 Å². The van der Waals surface area contributed by atoms with Crippen molar-refractivity contribution in [1.82, 2.24) is 14.9 Å².